The number of carbonyl (C=O) groups is 3. The monoisotopic (exact) mass is 276 g/mol. The third-order valence-corrected chi connectivity index (χ3v) is 3.57. The molecular weight excluding hydrogens is 260 g/mol. The molecule has 1 saturated heterocycles. The summed E-state index contributed by atoms with van der Waals surface area (Å²) in [5, 5.41) is 18.3. The van der Waals surface area contributed by atoms with Gasteiger partial charge in [0.15, 0.2) is 0 Å². The van der Waals surface area contributed by atoms with Gasteiger partial charge in [-0.15, -0.1) is 0 Å². The van der Waals surface area contributed by atoms with Crippen molar-refractivity contribution in [1.29, 1.82) is 0 Å². The highest BCUT2D eigenvalue weighted by atomic mass is 32.2. The number of carbonyl (C=O) groups excluding carboxylic acids is 2. The van der Waals surface area contributed by atoms with Gasteiger partial charge in [-0.3, -0.25) is 9.59 Å². The number of aliphatic hydroxyl groups excluding tert-OH is 1. The number of likely N-dealkylation sites (tertiary alicyclic amines) is 1. The number of nitrogens with two attached hydrogens (primary N) is 1. The SMILES string of the molecule is NC(=O)CSCCC(=O)N1CC(O)C[C@H]1C(=O)O. The van der Waals surface area contributed by atoms with Gasteiger partial charge in [0, 0.05) is 25.1 Å². The number of carboxylic acids is 1. The Bertz CT molecular complexity index is 349. The molecule has 1 unspecified atom stereocenters. The number of hydrogen-bond acceptors (Lipinski definition) is 5. The molecule has 0 saturated carbocycles. The largest absolute Gasteiger partial charge is 0.480 e. The van der Waals surface area contributed by atoms with Crippen molar-refractivity contribution in [2.24, 2.45) is 5.73 Å². The first-order valence-corrected chi connectivity index (χ1v) is 6.63. The normalized spacial score (nSPS) is 23.1. The molecule has 0 aromatic heterocycles. The number of amides is 2. The Morgan fingerprint density at radius 2 is 2.06 bits per heavy atom. The highest BCUT2D eigenvalue weighted by Gasteiger charge is 2.38. The van der Waals surface area contributed by atoms with Crippen LogP contribution in [0.25, 0.3) is 0 Å². The summed E-state index contributed by atoms with van der Waals surface area (Å²) in [6.45, 7) is 0.0519. The van der Waals surface area contributed by atoms with Gasteiger partial charge < -0.3 is 20.8 Å². The number of hydrogen-bond donors (Lipinski definition) is 3. The minimum atomic E-state index is -1.11. The van der Waals surface area contributed by atoms with Crippen LogP contribution in [0.2, 0.25) is 0 Å². The summed E-state index contributed by atoms with van der Waals surface area (Å²) in [4.78, 5) is 34.3. The number of carboxylic acid groups (broad SMARTS) is 1. The van der Waals surface area contributed by atoms with Gasteiger partial charge >= 0.3 is 5.97 Å². The van der Waals surface area contributed by atoms with Crippen LogP contribution in [0.1, 0.15) is 12.8 Å². The topological polar surface area (TPSA) is 121 Å². The van der Waals surface area contributed by atoms with Crippen LogP contribution in [0.15, 0.2) is 0 Å². The summed E-state index contributed by atoms with van der Waals surface area (Å²) in [6, 6.07) is -0.950. The Morgan fingerprint density at radius 3 is 2.61 bits per heavy atom. The van der Waals surface area contributed by atoms with Crippen molar-refractivity contribution >= 4 is 29.5 Å². The average Bonchev–Trinajstić information content (AvgIpc) is 2.66. The molecule has 0 spiro atoms. The van der Waals surface area contributed by atoms with Crippen molar-refractivity contribution in [3.63, 3.8) is 0 Å². The van der Waals surface area contributed by atoms with Crippen molar-refractivity contribution in [2.45, 2.75) is 25.0 Å². The first-order chi connectivity index (χ1) is 8.41. The van der Waals surface area contributed by atoms with Gasteiger partial charge in [-0.2, -0.15) is 11.8 Å². The molecule has 7 nitrogen and oxygen atoms in total. The molecule has 1 aliphatic rings. The van der Waals surface area contributed by atoms with E-state index in [0.717, 1.165) is 0 Å². The van der Waals surface area contributed by atoms with E-state index in [1.54, 1.807) is 0 Å². The number of nitrogens with zero attached hydrogens (tertiary/aromatic N) is 1. The second-order valence-electron chi connectivity index (χ2n) is 4.06. The fourth-order valence-electron chi connectivity index (χ4n) is 1.80. The summed E-state index contributed by atoms with van der Waals surface area (Å²) in [7, 11) is 0. The number of thioether (sulfide) groups is 1. The van der Waals surface area contributed by atoms with E-state index in [2.05, 4.69) is 0 Å². The van der Waals surface area contributed by atoms with Gasteiger partial charge in [-0.1, -0.05) is 0 Å². The molecule has 0 bridgehead atoms. The second kappa shape index (κ2) is 6.60. The zero-order valence-electron chi connectivity index (χ0n) is 9.74. The fourth-order valence-corrected chi connectivity index (χ4v) is 2.46. The number of aliphatic hydroxyl groups is 1. The molecule has 0 aromatic carbocycles. The number of β-amino-alcohol motifs (C(OH)–C–C–N with tert-alkyl or cyclic N) is 1. The van der Waals surface area contributed by atoms with Crippen molar-refractivity contribution in [3.8, 4) is 0 Å². The maximum Gasteiger partial charge on any atom is 0.326 e. The van der Waals surface area contributed by atoms with Crippen LogP contribution in [-0.4, -0.2) is 63.1 Å². The molecule has 8 heteroatoms. The predicted octanol–water partition coefficient (Wildman–Crippen LogP) is -1.36. The lowest BCUT2D eigenvalue weighted by atomic mass is 10.2. The van der Waals surface area contributed by atoms with E-state index < -0.39 is 24.0 Å². The van der Waals surface area contributed by atoms with E-state index in [9.17, 15) is 19.5 Å². The van der Waals surface area contributed by atoms with Crippen molar-refractivity contribution in [2.75, 3.05) is 18.1 Å². The Kier molecular flexibility index (Phi) is 5.42. The molecule has 1 aliphatic heterocycles. The van der Waals surface area contributed by atoms with Crippen LogP contribution in [0, 0.1) is 0 Å². The minimum Gasteiger partial charge on any atom is -0.480 e. The molecule has 102 valence electrons. The first kappa shape index (κ1) is 14.8. The van der Waals surface area contributed by atoms with Crippen molar-refractivity contribution < 1.29 is 24.6 Å². The number of primary amides is 1. The van der Waals surface area contributed by atoms with E-state index in [-0.39, 0.29) is 31.0 Å². The smallest absolute Gasteiger partial charge is 0.326 e. The molecule has 1 fully saturated rings. The van der Waals surface area contributed by atoms with Crippen LogP contribution < -0.4 is 5.73 Å². The lowest BCUT2D eigenvalue weighted by Crippen LogP contribution is -2.40. The molecule has 0 aliphatic carbocycles. The maximum atomic E-state index is 11.8. The van der Waals surface area contributed by atoms with Crippen LogP contribution in [0.4, 0.5) is 0 Å². The first-order valence-electron chi connectivity index (χ1n) is 5.48. The fraction of sp³-hybridized carbons (Fsp3) is 0.700. The second-order valence-corrected chi connectivity index (χ2v) is 5.16. The molecule has 4 N–H and O–H groups in total. The zero-order chi connectivity index (χ0) is 13.7. The van der Waals surface area contributed by atoms with Gasteiger partial charge in [-0.25, -0.2) is 4.79 Å². The average molecular weight is 276 g/mol. The molecule has 1 rings (SSSR count). The van der Waals surface area contributed by atoms with Gasteiger partial charge in [0.1, 0.15) is 6.04 Å². The van der Waals surface area contributed by atoms with E-state index >= 15 is 0 Å². The molecule has 2 amide bonds. The van der Waals surface area contributed by atoms with E-state index in [0.29, 0.717) is 5.75 Å². The predicted molar refractivity (Wildman–Crippen MR) is 64.9 cm³/mol. The van der Waals surface area contributed by atoms with E-state index in [4.69, 9.17) is 10.8 Å². The quantitative estimate of drug-likeness (QED) is 0.515. The van der Waals surface area contributed by atoms with Gasteiger partial charge in [0.05, 0.1) is 11.9 Å². The van der Waals surface area contributed by atoms with Crippen LogP contribution >= 0.6 is 11.8 Å². The van der Waals surface area contributed by atoms with Crippen LogP contribution in [-0.2, 0) is 14.4 Å². The molecule has 0 aromatic rings. The Labute approximate surface area is 108 Å². The number of aliphatic carboxylic acids is 1. The molecule has 18 heavy (non-hydrogen) atoms. The molecule has 0 radical (unpaired) electrons. The highest BCUT2D eigenvalue weighted by molar-refractivity contribution is 7.99. The van der Waals surface area contributed by atoms with E-state index in [1.165, 1.54) is 16.7 Å². The van der Waals surface area contributed by atoms with Crippen molar-refractivity contribution in [3.05, 3.63) is 0 Å². The Morgan fingerprint density at radius 1 is 1.39 bits per heavy atom. The standard InChI is InChI=1S/C10H16N2O5S/c11-8(14)5-18-2-1-9(15)12-4-6(13)3-7(12)10(16)17/h6-7,13H,1-5H2,(H2,11,14)(H,16,17)/t6?,7-/m0/s1. The summed E-state index contributed by atoms with van der Waals surface area (Å²) >= 11 is 1.23. The van der Waals surface area contributed by atoms with Gasteiger partial charge in [0.2, 0.25) is 11.8 Å². The van der Waals surface area contributed by atoms with E-state index in [1.807, 2.05) is 0 Å². The molecular formula is C10H16N2O5S. The summed E-state index contributed by atoms with van der Waals surface area (Å²) < 4.78 is 0. The summed E-state index contributed by atoms with van der Waals surface area (Å²) in [5.74, 6) is -1.34. The molecule has 2 atom stereocenters. The van der Waals surface area contributed by atoms with Crippen molar-refractivity contribution in [1.82, 2.24) is 4.90 Å². The summed E-state index contributed by atoms with van der Waals surface area (Å²) in [6.07, 6.45) is -0.586. The van der Waals surface area contributed by atoms with Crippen LogP contribution in [0.3, 0.4) is 0 Å². The number of rotatable bonds is 6. The van der Waals surface area contributed by atoms with Crippen LogP contribution in [0.5, 0.6) is 0 Å². The molecule has 1 heterocycles. The Hall–Kier alpha value is -1.28. The highest BCUT2D eigenvalue weighted by Crippen LogP contribution is 2.19. The lowest BCUT2D eigenvalue weighted by molar-refractivity contribution is -0.148. The Balaban J connectivity index is 2.40. The third-order valence-electron chi connectivity index (χ3n) is 2.59. The summed E-state index contributed by atoms with van der Waals surface area (Å²) in [5.41, 5.74) is 4.95. The third kappa shape index (κ3) is 4.19. The zero-order valence-corrected chi connectivity index (χ0v) is 10.6. The maximum absolute atomic E-state index is 11.8. The lowest BCUT2D eigenvalue weighted by Gasteiger charge is -2.20. The minimum absolute atomic E-state index is 0.0519. The van der Waals surface area contributed by atoms with Gasteiger partial charge in [0.25, 0.3) is 0 Å². The van der Waals surface area contributed by atoms with Gasteiger partial charge in [-0.05, 0) is 0 Å².